The highest BCUT2D eigenvalue weighted by Crippen LogP contribution is 2.49. The van der Waals surface area contributed by atoms with Gasteiger partial charge in [-0.05, 0) is 49.1 Å². The summed E-state index contributed by atoms with van der Waals surface area (Å²) in [5.41, 5.74) is 0.697. The van der Waals surface area contributed by atoms with Crippen molar-refractivity contribution < 1.29 is 14.1 Å². The van der Waals surface area contributed by atoms with Gasteiger partial charge in [-0.25, -0.2) is 0 Å². The van der Waals surface area contributed by atoms with Crippen molar-refractivity contribution >= 4 is 17.6 Å². The topological polar surface area (TPSA) is 65.2 Å². The lowest BCUT2D eigenvalue weighted by Crippen LogP contribution is -2.17. The summed E-state index contributed by atoms with van der Waals surface area (Å²) in [7, 11) is 0. The summed E-state index contributed by atoms with van der Waals surface area (Å²) in [6.45, 7) is 0.0110. The maximum absolute atomic E-state index is 12.0. The van der Waals surface area contributed by atoms with Gasteiger partial charge in [0.2, 0.25) is 5.82 Å². The predicted octanol–water partition coefficient (Wildman–Crippen LogP) is 4.26. The first-order chi connectivity index (χ1) is 11.7. The van der Waals surface area contributed by atoms with Gasteiger partial charge in [0, 0.05) is 12.0 Å². The number of carbonyl (C=O) groups is 1. The molecule has 5 nitrogen and oxygen atoms in total. The summed E-state index contributed by atoms with van der Waals surface area (Å²) in [6.07, 6.45) is 5.59. The Hall–Kier alpha value is -1.88. The predicted molar refractivity (Wildman–Crippen MR) is 88.1 cm³/mol. The zero-order valence-electron chi connectivity index (χ0n) is 13.3. The molecule has 2 aromatic rings. The van der Waals surface area contributed by atoms with Gasteiger partial charge in [-0.3, -0.25) is 4.79 Å². The molecule has 0 saturated heterocycles. The van der Waals surface area contributed by atoms with Crippen LogP contribution in [0.5, 0.6) is 0 Å². The summed E-state index contributed by atoms with van der Waals surface area (Å²) in [4.78, 5) is 16.3. The van der Waals surface area contributed by atoms with E-state index in [9.17, 15) is 4.79 Å². The molecule has 1 aromatic heterocycles. The van der Waals surface area contributed by atoms with Crippen molar-refractivity contribution in [3.63, 3.8) is 0 Å². The fraction of sp³-hybridized carbons (Fsp3) is 0.500. The molecular formula is C18H19ClN2O3. The average Bonchev–Trinajstić information content (AvgIpc) is 3.30. The number of fused-ring (bicyclic) bond motifs is 2. The second kappa shape index (κ2) is 6.55. The molecule has 4 rings (SSSR count). The minimum Gasteiger partial charge on any atom is -0.456 e. The highest BCUT2D eigenvalue weighted by Gasteiger charge is 2.40. The molecule has 2 aliphatic carbocycles. The smallest absolute Gasteiger partial charge is 0.306 e. The van der Waals surface area contributed by atoms with Crippen molar-refractivity contribution in [2.45, 2.75) is 38.7 Å². The SMILES string of the molecule is O=C(C[C@H]1C[C@@H]2CC[C@@H]1C2)OCc1nc(-c2ccccc2Cl)no1. The van der Waals surface area contributed by atoms with Gasteiger partial charge >= 0.3 is 5.97 Å². The van der Waals surface area contributed by atoms with Crippen molar-refractivity contribution in [2.75, 3.05) is 0 Å². The van der Waals surface area contributed by atoms with Crippen LogP contribution in [0.1, 0.15) is 38.0 Å². The van der Waals surface area contributed by atoms with E-state index in [-0.39, 0.29) is 18.5 Å². The number of halogens is 1. The standard InChI is InChI=1S/C18H19ClN2O3/c19-15-4-2-1-3-14(15)18-20-16(24-21-18)10-23-17(22)9-13-8-11-5-6-12(13)7-11/h1-4,11-13H,5-10H2/t11-,12-,13-/m1/s1. The molecule has 0 aliphatic heterocycles. The van der Waals surface area contributed by atoms with Crippen LogP contribution in [0.4, 0.5) is 0 Å². The van der Waals surface area contributed by atoms with E-state index in [1.165, 1.54) is 25.7 Å². The van der Waals surface area contributed by atoms with Gasteiger partial charge in [-0.1, -0.05) is 35.3 Å². The van der Waals surface area contributed by atoms with Gasteiger partial charge in [0.05, 0.1) is 5.02 Å². The van der Waals surface area contributed by atoms with Crippen molar-refractivity contribution in [3.05, 3.63) is 35.2 Å². The van der Waals surface area contributed by atoms with Crippen LogP contribution in [-0.2, 0) is 16.1 Å². The van der Waals surface area contributed by atoms with Crippen LogP contribution in [0.3, 0.4) is 0 Å². The van der Waals surface area contributed by atoms with Gasteiger partial charge < -0.3 is 9.26 Å². The highest BCUT2D eigenvalue weighted by atomic mass is 35.5. The zero-order valence-corrected chi connectivity index (χ0v) is 14.0. The number of aromatic nitrogens is 2. The Morgan fingerprint density at radius 1 is 1.29 bits per heavy atom. The van der Waals surface area contributed by atoms with Crippen LogP contribution < -0.4 is 0 Å². The molecule has 0 spiro atoms. The molecular weight excluding hydrogens is 328 g/mol. The molecule has 0 radical (unpaired) electrons. The minimum atomic E-state index is -0.176. The van der Waals surface area contributed by atoms with Crippen LogP contribution in [0, 0.1) is 17.8 Å². The van der Waals surface area contributed by atoms with Gasteiger partial charge in [-0.2, -0.15) is 4.98 Å². The van der Waals surface area contributed by atoms with E-state index in [4.69, 9.17) is 20.9 Å². The molecule has 0 unspecified atom stereocenters. The molecule has 24 heavy (non-hydrogen) atoms. The lowest BCUT2D eigenvalue weighted by atomic mass is 9.86. The maximum Gasteiger partial charge on any atom is 0.306 e. The molecule has 126 valence electrons. The van der Waals surface area contributed by atoms with Gasteiger partial charge in [0.1, 0.15) is 0 Å². The van der Waals surface area contributed by atoms with Crippen molar-refractivity contribution in [1.29, 1.82) is 0 Å². The number of nitrogens with zero attached hydrogens (tertiary/aromatic N) is 2. The van der Waals surface area contributed by atoms with E-state index in [1.807, 2.05) is 18.2 Å². The number of hydrogen-bond acceptors (Lipinski definition) is 5. The van der Waals surface area contributed by atoms with Crippen molar-refractivity contribution in [3.8, 4) is 11.4 Å². The highest BCUT2D eigenvalue weighted by molar-refractivity contribution is 6.33. The lowest BCUT2D eigenvalue weighted by Gasteiger charge is -2.20. The van der Waals surface area contributed by atoms with Crippen molar-refractivity contribution in [1.82, 2.24) is 10.1 Å². The Morgan fingerprint density at radius 2 is 2.17 bits per heavy atom. The molecule has 2 aliphatic rings. The third-order valence-electron chi connectivity index (χ3n) is 5.25. The number of esters is 1. The number of carbonyl (C=O) groups excluding carboxylic acids is 1. The Labute approximate surface area is 145 Å². The molecule has 1 aromatic carbocycles. The van der Waals surface area contributed by atoms with E-state index in [2.05, 4.69) is 10.1 Å². The number of rotatable bonds is 5. The zero-order chi connectivity index (χ0) is 16.5. The molecule has 2 fully saturated rings. The monoisotopic (exact) mass is 346 g/mol. The fourth-order valence-electron chi connectivity index (χ4n) is 4.11. The molecule has 1 heterocycles. The summed E-state index contributed by atoms with van der Waals surface area (Å²) in [5.74, 6) is 2.56. The second-order valence-corrected chi connectivity index (χ2v) is 7.20. The van der Waals surface area contributed by atoms with Gasteiger partial charge in [-0.15, -0.1) is 0 Å². The molecule has 0 N–H and O–H groups in total. The Balaban J connectivity index is 1.32. The minimum absolute atomic E-state index is 0.0110. The third-order valence-corrected chi connectivity index (χ3v) is 5.58. The first kappa shape index (κ1) is 15.6. The first-order valence-electron chi connectivity index (χ1n) is 8.42. The molecule has 3 atom stereocenters. The second-order valence-electron chi connectivity index (χ2n) is 6.79. The van der Waals surface area contributed by atoms with E-state index >= 15 is 0 Å². The summed E-state index contributed by atoms with van der Waals surface area (Å²) >= 11 is 6.11. The lowest BCUT2D eigenvalue weighted by molar-refractivity contribution is -0.147. The fourth-order valence-corrected chi connectivity index (χ4v) is 4.33. The van der Waals surface area contributed by atoms with E-state index in [1.54, 1.807) is 6.07 Å². The van der Waals surface area contributed by atoms with Crippen LogP contribution in [0.2, 0.25) is 5.02 Å². The van der Waals surface area contributed by atoms with Crippen LogP contribution in [0.25, 0.3) is 11.4 Å². The third kappa shape index (κ3) is 3.18. The number of hydrogen-bond donors (Lipinski definition) is 0. The summed E-state index contributed by atoms with van der Waals surface area (Å²) in [5, 5.41) is 4.45. The molecule has 2 bridgehead atoms. The van der Waals surface area contributed by atoms with Gasteiger partial charge in [0.25, 0.3) is 5.89 Å². The van der Waals surface area contributed by atoms with E-state index in [0.29, 0.717) is 28.7 Å². The molecule has 2 saturated carbocycles. The Morgan fingerprint density at radius 3 is 2.92 bits per heavy atom. The summed E-state index contributed by atoms with van der Waals surface area (Å²) < 4.78 is 10.5. The quantitative estimate of drug-likeness (QED) is 0.757. The number of benzene rings is 1. The maximum atomic E-state index is 12.0. The first-order valence-corrected chi connectivity index (χ1v) is 8.80. The average molecular weight is 347 g/mol. The van der Waals surface area contributed by atoms with Gasteiger partial charge in [0.15, 0.2) is 6.61 Å². The molecule has 6 heteroatoms. The largest absolute Gasteiger partial charge is 0.456 e. The Kier molecular flexibility index (Phi) is 4.27. The van der Waals surface area contributed by atoms with Crippen LogP contribution in [-0.4, -0.2) is 16.1 Å². The summed E-state index contributed by atoms with van der Waals surface area (Å²) in [6, 6.07) is 7.28. The van der Waals surface area contributed by atoms with E-state index in [0.717, 1.165) is 11.8 Å². The molecule has 0 amide bonds. The van der Waals surface area contributed by atoms with Crippen LogP contribution >= 0.6 is 11.6 Å². The number of ether oxygens (including phenoxy) is 1. The van der Waals surface area contributed by atoms with Crippen LogP contribution in [0.15, 0.2) is 28.8 Å². The normalized spacial score (nSPS) is 25.1. The Bertz CT molecular complexity index is 745. The van der Waals surface area contributed by atoms with E-state index < -0.39 is 0 Å². The van der Waals surface area contributed by atoms with Crippen molar-refractivity contribution in [2.24, 2.45) is 17.8 Å².